The third kappa shape index (κ3) is 3.80. The van der Waals surface area contributed by atoms with Crippen molar-refractivity contribution in [2.45, 2.75) is 6.10 Å². The van der Waals surface area contributed by atoms with Crippen molar-refractivity contribution >= 4 is 39.9 Å². The van der Waals surface area contributed by atoms with Crippen LogP contribution in [0.5, 0.6) is 0 Å². The number of nitrogens with one attached hydrogen (secondary N) is 1. The number of rotatable bonds is 4. The second kappa shape index (κ2) is 6.69. The SMILES string of the molecule is OC(CNc1ccc(Cl)cc1I)c1ccc(F)c(F)c1. The first-order valence-electron chi connectivity index (χ1n) is 5.79. The molecular formula is C14H11ClF2INO. The highest BCUT2D eigenvalue weighted by molar-refractivity contribution is 14.1. The molecule has 20 heavy (non-hydrogen) atoms. The fourth-order valence-electron chi connectivity index (χ4n) is 1.68. The zero-order chi connectivity index (χ0) is 14.7. The van der Waals surface area contributed by atoms with Crippen molar-refractivity contribution in [3.8, 4) is 0 Å². The first-order valence-corrected chi connectivity index (χ1v) is 7.25. The zero-order valence-corrected chi connectivity index (χ0v) is 13.1. The fourth-order valence-corrected chi connectivity index (χ4v) is 2.74. The van der Waals surface area contributed by atoms with Crippen molar-refractivity contribution in [2.24, 2.45) is 0 Å². The molecule has 106 valence electrons. The van der Waals surface area contributed by atoms with Crippen LogP contribution in [0, 0.1) is 15.2 Å². The summed E-state index contributed by atoms with van der Waals surface area (Å²) in [7, 11) is 0. The van der Waals surface area contributed by atoms with Crippen LogP contribution in [0.15, 0.2) is 36.4 Å². The zero-order valence-electron chi connectivity index (χ0n) is 10.2. The van der Waals surface area contributed by atoms with E-state index in [2.05, 4.69) is 27.9 Å². The van der Waals surface area contributed by atoms with Gasteiger partial charge in [-0.1, -0.05) is 17.7 Å². The summed E-state index contributed by atoms with van der Waals surface area (Å²) in [6.45, 7) is 0.183. The lowest BCUT2D eigenvalue weighted by molar-refractivity contribution is 0.191. The number of benzene rings is 2. The van der Waals surface area contributed by atoms with Crippen LogP contribution in [-0.4, -0.2) is 11.7 Å². The maximum absolute atomic E-state index is 13.1. The summed E-state index contributed by atoms with van der Waals surface area (Å²) in [4.78, 5) is 0. The van der Waals surface area contributed by atoms with E-state index in [1.54, 1.807) is 18.2 Å². The van der Waals surface area contributed by atoms with Crippen LogP contribution in [0.1, 0.15) is 11.7 Å². The number of aliphatic hydroxyl groups is 1. The van der Waals surface area contributed by atoms with Crippen LogP contribution >= 0.6 is 34.2 Å². The van der Waals surface area contributed by atoms with Gasteiger partial charge in [0.25, 0.3) is 0 Å². The minimum Gasteiger partial charge on any atom is -0.387 e. The van der Waals surface area contributed by atoms with E-state index in [4.69, 9.17) is 11.6 Å². The van der Waals surface area contributed by atoms with Crippen LogP contribution < -0.4 is 5.32 Å². The van der Waals surface area contributed by atoms with Crippen LogP contribution in [-0.2, 0) is 0 Å². The predicted molar refractivity (Wildman–Crippen MR) is 84.0 cm³/mol. The molecule has 2 N–H and O–H groups in total. The lowest BCUT2D eigenvalue weighted by Gasteiger charge is -2.14. The average Bonchev–Trinajstić information content (AvgIpc) is 2.40. The standard InChI is InChI=1S/C14H11ClF2INO/c15-9-2-4-13(12(18)6-9)19-7-14(20)8-1-3-10(16)11(17)5-8/h1-6,14,19-20H,7H2. The van der Waals surface area contributed by atoms with Crippen LogP contribution in [0.3, 0.4) is 0 Å². The van der Waals surface area contributed by atoms with Gasteiger partial charge >= 0.3 is 0 Å². The van der Waals surface area contributed by atoms with Crippen molar-refractivity contribution in [1.82, 2.24) is 0 Å². The number of anilines is 1. The van der Waals surface area contributed by atoms with E-state index < -0.39 is 17.7 Å². The first kappa shape index (κ1) is 15.5. The third-order valence-corrected chi connectivity index (χ3v) is 3.87. The maximum atomic E-state index is 13.1. The Kier molecular flexibility index (Phi) is 5.17. The molecule has 0 spiro atoms. The molecular weight excluding hydrogens is 399 g/mol. The van der Waals surface area contributed by atoms with Gasteiger partial charge in [-0.15, -0.1) is 0 Å². The number of halogens is 4. The lowest BCUT2D eigenvalue weighted by Crippen LogP contribution is -2.13. The molecule has 2 aromatic carbocycles. The van der Waals surface area contributed by atoms with Crippen molar-refractivity contribution in [3.05, 3.63) is 62.2 Å². The van der Waals surface area contributed by atoms with E-state index >= 15 is 0 Å². The smallest absolute Gasteiger partial charge is 0.159 e. The Hall–Kier alpha value is -0.920. The van der Waals surface area contributed by atoms with E-state index in [0.29, 0.717) is 10.6 Å². The topological polar surface area (TPSA) is 32.3 Å². The molecule has 1 unspecified atom stereocenters. The molecule has 0 saturated heterocycles. The average molecular weight is 410 g/mol. The van der Waals surface area contributed by atoms with Gasteiger partial charge in [-0.3, -0.25) is 0 Å². The molecule has 6 heteroatoms. The lowest BCUT2D eigenvalue weighted by atomic mass is 10.1. The second-order valence-corrected chi connectivity index (χ2v) is 5.79. The fraction of sp³-hybridized carbons (Fsp3) is 0.143. The van der Waals surface area contributed by atoms with Crippen LogP contribution in [0.4, 0.5) is 14.5 Å². The van der Waals surface area contributed by atoms with Crippen molar-refractivity contribution in [1.29, 1.82) is 0 Å². The summed E-state index contributed by atoms with van der Waals surface area (Å²) >= 11 is 7.97. The van der Waals surface area contributed by atoms with Gasteiger partial charge in [0, 0.05) is 20.8 Å². The van der Waals surface area contributed by atoms with Gasteiger partial charge in [-0.25, -0.2) is 8.78 Å². The molecule has 2 aromatic rings. The summed E-state index contributed by atoms with van der Waals surface area (Å²) < 4.78 is 26.8. The highest BCUT2D eigenvalue weighted by Gasteiger charge is 2.11. The van der Waals surface area contributed by atoms with Gasteiger partial charge in [-0.05, 0) is 58.5 Å². The highest BCUT2D eigenvalue weighted by atomic mass is 127. The molecule has 0 heterocycles. The number of aliphatic hydroxyl groups excluding tert-OH is 1. The summed E-state index contributed by atoms with van der Waals surface area (Å²) in [5.41, 5.74) is 1.14. The molecule has 0 aliphatic carbocycles. The van der Waals surface area contributed by atoms with Crippen molar-refractivity contribution in [2.75, 3.05) is 11.9 Å². The summed E-state index contributed by atoms with van der Waals surface area (Å²) in [5, 5.41) is 13.6. The van der Waals surface area contributed by atoms with Gasteiger partial charge < -0.3 is 10.4 Å². The maximum Gasteiger partial charge on any atom is 0.159 e. The third-order valence-electron chi connectivity index (χ3n) is 2.75. The predicted octanol–water partition coefficient (Wildman–Crippen LogP) is 4.37. The minimum absolute atomic E-state index is 0.183. The Labute approximate surface area is 133 Å². The minimum atomic E-state index is -0.970. The van der Waals surface area contributed by atoms with E-state index in [-0.39, 0.29) is 6.54 Å². The largest absolute Gasteiger partial charge is 0.387 e. The Balaban J connectivity index is 2.04. The van der Waals surface area contributed by atoms with E-state index in [1.165, 1.54) is 6.07 Å². The molecule has 0 aliphatic heterocycles. The molecule has 0 aliphatic rings. The number of hydrogen-bond acceptors (Lipinski definition) is 2. The van der Waals surface area contributed by atoms with Gasteiger partial charge in [0.2, 0.25) is 0 Å². The van der Waals surface area contributed by atoms with Crippen molar-refractivity contribution < 1.29 is 13.9 Å². The van der Waals surface area contributed by atoms with Crippen LogP contribution in [0.2, 0.25) is 5.02 Å². The Morgan fingerprint density at radius 2 is 1.90 bits per heavy atom. The van der Waals surface area contributed by atoms with Crippen LogP contribution in [0.25, 0.3) is 0 Å². The van der Waals surface area contributed by atoms with E-state index in [1.807, 2.05) is 0 Å². The quantitative estimate of drug-likeness (QED) is 0.735. The summed E-state index contributed by atoms with van der Waals surface area (Å²) in [5.74, 6) is -1.90. The second-order valence-electron chi connectivity index (χ2n) is 4.19. The highest BCUT2D eigenvalue weighted by Crippen LogP contribution is 2.23. The molecule has 0 radical (unpaired) electrons. The molecule has 0 fully saturated rings. The molecule has 2 nitrogen and oxygen atoms in total. The Morgan fingerprint density at radius 1 is 1.15 bits per heavy atom. The van der Waals surface area contributed by atoms with Gasteiger partial charge in [0.15, 0.2) is 11.6 Å². The Bertz CT molecular complexity index is 624. The van der Waals surface area contributed by atoms with Gasteiger partial charge in [0.05, 0.1) is 6.10 Å². The molecule has 1 atom stereocenters. The van der Waals surface area contributed by atoms with Gasteiger partial charge in [-0.2, -0.15) is 0 Å². The molecule has 0 bridgehead atoms. The summed E-state index contributed by atoms with van der Waals surface area (Å²) in [6.07, 6.45) is -0.934. The molecule has 0 amide bonds. The monoisotopic (exact) mass is 409 g/mol. The summed E-state index contributed by atoms with van der Waals surface area (Å²) in [6, 6.07) is 8.67. The molecule has 0 aromatic heterocycles. The van der Waals surface area contributed by atoms with Gasteiger partial charge in [0.1, 0.15) is 0 Å². The molecule has 2 rings (SSSR count). The normalized spacial score (nSPS) is 12.2. The first-order chi connectivity index (χ1) is 9.47. The Morgan fingerprint density at radius 3 is 2.55 bits per heavy atom. The van der Waals surface area contributed by atoms with Crippen molar-refractivity contribution in [3.63, 3.8) is 0 Å². The van der Waals surface area contributed by atoms with E-state index in [0.717, 1.165) is 21.4 Å². The number of hydrogen-bond donors (Lipinski definition) is 2. The molecule has 0 saturated carbocycles. The van der Waals surface area contributed by atoms with E-state index in [9.17, 15) is 13.9 Å².